The Hall–Kier alpha value is -2.29. The molecule has 0 aromatic heterocycles. The zero-order chi connectivity index (χ0) is 13.8. The number of carboxylic acid groups (broad SMARTS) is 1. The van der Waals surface area contributed by atoms with Crippen molar-refractivity contribution in [3.63, 3.8) is 0 Å². The van der Waals surface area contributed by atoms with E-state index >= 15 is 0 Å². The molecule has 0 fully saturated rings. The summed E-state index contributed by atoms with van der Waals surface area (Å²) in [5, 5.41) is 8.34. The molecule has 0 atom stereocenters. The first-order valence-corrected chi connectivity index (χ1v) is 4.71. The Labute approximate surface area is 100 Å². The van der Waals surface area contributed by atoms with Crippen molar-refractivity contribution in [2.75, 3.05) is 0 Å². The first-order chi connectivity index (χ1) is 8.32. The zero-order valence-electron chi connectivity index (χ0n) is 8.91. The van der Waals surface area contributed by atoms with Gasteiger partial charge in [-0.25, -0.2) is 0 Å². The molecule has 1 N–H and O–H groups in total. The number of carbonyl (C=O) groups is 2. The van der Waals surface area contributed by atoms with Gasteiger partial charge < -0.3 is 5.11 Å². The van der Waals surface area contributed by atoms with Gasteiger partial charge in [-0.3, -0.25) is 9.59 Å². The van der Waals surface area contributed by atoms with Gasteiger partial charge >= 0.3 is 12.1 Å². The number of aldehydes is 1. The fourth-order valence-electron chi connectivity index (χ4n) is 1.18. The van der Waals surface area contributed by atoms with E-state index in [1.807, 2.05) is 0 Å². The fraction of sp³-hybridized carbons (Fsp3) is 0.167. The van der Waals surface area contributed by atoms with Crippen LogP contribution in [0.15, 0.2) is 18.2 Å². The number of benzene rings is 1. The number of aliphatic carboxylic acids is 1. The van der Waals surface area contributed by atoms with Crippen LogP contribution in [0.25, 0.3) is 0 Å². The summed E-state index contributed by atoms with van der Waals surface area (Å²) in [7, 11) is 0. The van der Waals surface area contributed by atoms with E-state index in [9.17, 15) is 22.8 Å². The van der Waals surface area contributed by atoms with Gasteiger partial charge in [-0.2, -0.15) is 13.2 Å². The van der Waals surface area contributed by atoms with Crippen LogP contribution < -0.4 is 0 Å². The Bertz CT molecular complexity index is 536. The van der Waals surface area contributed by atoms with Crippen LogP contribution in [-0.4, -0.2) is 17.4 Å². The van der Waals surface area contributed by atoms with E-state index in [4.69, 9.17) is 5.11 Å². The highest BCUT2D eigenvalue weighted by Gasteiger charge is 2.31. The van der Waals surface area contributed by atoms with E-state index in [1.54, 1.807) is 0 Å². The summed E-state index contributed by atoms with van der Waals surface area (Å²) in [4.78, 5) is 20.7. The highest BCUT2D eigenvalue weighted by Crippen LogP contribution is 2.30. The number of hydrogen-bond donors (Lipinski definition) is 1. The molecule has 1 rings (SSSR count). The van der Waals surface area contributed by atoms with Crippen LogP contribution in [-0.2, 0) is 11.0 Å². The smallest absolute Gasteiger partial charge is 0.416 e. The molecule has 0 saturated carbocycles. The zero-order valence-corrected chi connectivity index (χ0v) is 8.91. The second-order valence-electron chi connectivity index (χ2n) is 3.33. The van der Waals surface area contributed by atoms with Gasteiger partial charge in [0.05, 0.1) is 5.56 Å². The molecule has 94 valence electrons. The van der Waals surface area contributed by atoms with E-state index in [0.717, 1.165) is 12.1 Å². The minimum Gasteiger partial charge on any atom is -0.481 e. The van der Waals surface area contributed by atoms with Gasteiger partial charge in [-0.05, 0) is 18.2 Å². The van der Waals surface area contributed by atoms with Crippen LogP contribution in [0.4, 0.5) is 13.2 Å². The topological polar surface area (TPSA) is 54.4 Å². The maximum Gasteiger partial charge on any atom is 0.416 e. The van der Waals surface area contributed by atoms with Crippen LogP contribution in [0.5, 0.6) is 0 Å². The largest absolute Gasteiger partial charge is 0.481 e. The molecule has 0 radical (unpaired) electrons. The molecule has 1 aromatic carbocycles. The predicted molar refractivity (Wildman–Crippen MR) is 56.0 cm³/mol. The molecule has 0 aliphatic carbocycles. The van der Waals surface area contributed by atoms with Crippen molar-refractivity contribution in [3.8, 4) is 11.8 Å². The molecule has 0 aliphatic rings. The molecule has 0 spiro atoms. The van der Waals surface area contributed by atoms with Gasteiger partial charge in [0.2, 0.25) is 0 Å². The van der Waals surface area contributed by atoms with E-state index < -0.39 is 24.1 Å². The van der Waals surface area contributed by atoms with Crippen molar-refractivity contribution in [3.05, 3.63) is 34.9 Å². The Kier molecular flexibility index (Phi) is 4.10. The summed E-state index contributed by atoms with van der Waals surface area (Å²) in [5.74, 6) is 3.30. The van der Waals surface area contributed by atoms with E-state index in [0.29, 0.717) is 6.07 Å². The maximum atomic E-state index is 12.5. The standard InChI is InChI=1S/C12H7F3O3/c13-12(14,15)10-5-8(2-1-3-11(17)18)4-9(6-10)7-16/h4-7H,3H2,(H,17,18). The Morgan fingerprint density at radius 1 is 1.33 bits per heavy atom. The van der Waals surface area contributed by atoms with Crippen LogP contribution in [0, 0.1) is 11.8 Å². The lowest BCUT2D eigenvalue weighted by Crippen LogP contribution is -2.06. The first kappa shape index (κ1) is 13.8. The number of rotatable bonds is 2. The Morgan fingerprint density at radius 3 is 2.50 bits per heavy atom. The van der Waals surface area contributed by atoms with Gasteiger partial charge in [0, 0.05) is 11.1 Å². The lowest BCUT2D eigenvalue weighted by molar-refractivity contribution is -0.138. The van der Waals surface area contributed by atoms with Gasteiger partial charge in [0.25, 0.3) is 0 Å². The van der Waals surface area contributed by atoms with Crippen molar-refractivity contribution >= 4 is 12.3 Å². The third-order valence-corrected chi connectivity index (χ3v) is 1.89. The molecule has 1 aromatic rings. The molecule has 0 heterocycles. The molecule has 0 bridgehead atoms. The maximum absolute atomic E-state index is 12.5. The van der Waals surface area contributed by atoms with Crippen LogP contribution in [0.2, 0.25) is 0 Å². The summed E-state index contributed by atoms with van der Waals surface area (Å²) < 4.78 is 37.4. The summed E-state index contributed by atoms with van der Waals surface area (Å²) in [6.07, 6.45) is -4.79. The molecule has 3 nitrogen and oxygen atoms in total. The summed E-state index contributed by atoms with van der Waals surface area (Å²) in [6, 6.07) is 2.63. The second-order valence-corrected chi connectivity index (χ2v) is 3.33. The lowest BCUT2D eigenvalue weighted by atomic mass is 10.1. The average Bonchev–Trinajstić information content (AvgIpc) is 2.27. The van der Waals surface area contributed by atoms with Gasteiger partial charge in [0.1, 0.15) is 12.7 Å². The fourth-order valence-corrected chi connectivity index (χ4v) is 1.18. The molecular formula is C12H7F3O3. The molecule has 0 unspecified atom stereocenters. The van der Waals surface area contributed by atoms with Crippen molar-refractivity contribution in [2.45, 2.75) is 12.6 Å². The van der Waals surface area contributed by atoms with E-state index in [1.165, 1.54) is 0 Å². The highest BCUT2D eigenvalue weighted by molar-refractivity contribution is 5.76. The van der Waals surface area contributed by atoms with Crippen LogP contribution in [0.3, 0.4) is 0 Å². The molecule has 6 heteroatoms. The minimum absolute atomic E-state index is 0.0480. The number of alkyl halides is 3. The van der Waals surface area contributed by atoms with E-state index in [-0.39, 0.29) is 17.4 Å². The molecule has 0 amide bonds. The third-order valence-electron chi connectivity index (χ3n) is 1.89. The number of hydrogen-bond acceptors (Lipinski definition) is 2. The summed E-state index contributed by atoms with van der Waals surface area (Å²) >= 11 is 0. The van der Waals surface area contributed by atoms with Crippen molar-refractivity contribution < 1.29 is 27.9 Å². The van der Waals surface area contributed by atoms with Crippen molar-refractivity contribution in [2.24, 2.45) is 0 Å². The second kappa shape index (κ2) is 5.36. The van der Waals surface area contributed by atoms with Crippen LogP contribution >= 0.6 is 0 Å². The molecule has 0 aliphatic heterocycles. The third kappa shape index (κ3) is 3.94. The minimum atomic E-state index is -4.58. The SMILES string of the molecule is O=Cc1cc(C#CCC(=O)O)cc(C(F)(F)F)c1. The molecular weight excluding hydrogens is 249 g/mol. The Morgan fingerprint density at radius 2 is 2.00 bits per heavy atom. The summed E-state index contributed by atoms with van der Waals surface area (Å²) in [6.45, 7) is 0. The van der Waals surface area contributed by atoms with Gasteiger partial charge in [0.15, 0.2) is 0 Å². The number of halogens is 3. The lowest BCUT2D eigenvalue weighted by Gasteiger charge is -2.07. The molecule has 18 heavy (non-hydrogen) atoms. The highest BCUT2D eigenvalue weighted by atomic mass is 19.4. The van der Waals surface area contributed by atoms with Crippen molar-refractivity contribution in [1.29, 1.82) is 0 Å². The number of carbonyl (C=O) groups excluding carboxylic acids is 1. The Balaban J connectivity index is 3.15. The van der Waals surface area contributed by atoms with Crippen LogP contribution in [0.1, 0.15) is 27.9 Å². The average molecular weight is 256 g/mol. The normalized spacial score (nSPS) is 10.4. The predicted octanol–water partition coefficient (Wildman–Crippen LogP) is 2.34. The number of carboxylic acids is 1. The molecule has 0 saturated heterocycles. The quantitative estimate of drug-likeness (QED) is 0.652. The van der Waals surface area contributed by atoms with Crippen molar-refractivity contribution in [1.82, 2.24) is 0 Å². The first-order valence-electron chi connectivity index (χ1n) is 4.71. The van der Waals surface area contributed by atoms with Gasteiger partial charge in [-0.1, -0.05) is 11.8 Å². The van der Waals surface area contributed by atoms with E-state index in [2.05, 4.69) is 11.8 Å². The monoisotopic (exact) mass is 256 g/mol. The summed E-state index contributed by atoms with van der Waals surface area (Å²) in [5.41, 5.74) is -1.20. The van der Waals surface area contributed by atoms with Gasteiger partial charge in [-0.15, -0.1) is 0 Å².